The summed E-state index contributed by atoms with van der Waals surface area (Å²) in [4.78, 5) is 2.41. The highest BCUT2D eigenvalue weighted by atomic mass is 15.1. The van der Waals surface area contributed by atoms with Crippen LogP contribution in [-0.4, -0.2) is 11.1 Å². The Morgan fingerprint density at radius 2 is 1.11 bits per heavy atom. The zero-order valence-electron chi connectivity index (χ0n) is 29.3. The van der Waals surface area contributed by atoms with Crippen molar-refractivity contribution in [3.8, 4) is 16.8 Å². The largest absolute Gasteiger partial charge is 0.337 e. The fourth-order valence-corrected chi connectivity index (χ4v) is 8.11. The van der Waals surface area contributed by atoms with E-state index in [-0.39, 0.29) is 0 Å². The smallest absolute Gasteiger partial charge is 0.0541 e. The second-order valence-electron chi connectivity index (χ2n) is 13.8. The monoisotopic (exact) mass is 676 g/mol. The van der Waals surface area contributed by atoms with Crippen molar-refractivity contribution in [3.63, 3.8) is 0 Å². The highest BCUT2D eigenvalue weighted by molar-refractivity contribution is 6.11. The topological polar surface area (TPSA) is 8.17 Å². The lowest BCUT2D eigenvalue weighted by Gasteiger charge is -2.27. The van der Waals surface area contributed by atoms with Gasteiger partial charge >= 0.3 is 0 Å². The molecule has 0 aliphatic carbocycles. The number of nitrogens with zero attached hydrogens (tertiary/aromatic N) is 2. The van der Waals surface area contributed by atoms with Gasteiger partial charge in [-0.25, -0.2) is 0 Å². The van der Waals surface area contributed by atoms with Gasteiger partial charge in [0.2, 0.25) is 0 Å². The minimum atomic E-state index is 0.715. The van der Waals surface area contributed by atoms with Crippen LogP contribution in [0.25, 0.3) is 71.3 Å². The number of para-hydroxylation sites is 3. The molecule has 0 radical (unpaired) electrons. The zero-order valence-corrected chi connectivity index (χ0v) is 29.3. The van der Waals surface area contributed by atoms with Crippen LogP contribution < -0.4 is 4.90 Å². The van der Waals surface area contributed by atoms with Crippen LogP contribution in [0, 0.1) is 0 Å². The van der Waals surface area contributed by atoms with E-state index in [1.807, 2.05) is 0 Å². The second kappa shape index (κ2) is 12.7. The molecule has 0 bridgehead atoms. The predicted molar refractivity (Wildman–Crippen MR) is 227 cm³/mol. The van der Waals surface area contributed by atoms with Crippen molar-refractivity contribution in [2.75, 3.05) is 11.4 Å². The number of aromatic nitrogens is 1. The highest BCUT2D eigenvalue weighted by Crippen LogP contribution is 2.38. The molecule has 8 aromatic carbocycles. The highest BCUT2D eigenvalue weighted by Gasteiger charge is 2.17. The molecule has 0 spiro atoms. The number of fused-ring (bicyclic) bond motifs is 7. The van der Waals surface area contributed by atoms with Crippen LogP contribution in [0.5, 0.6) is 0 Å². The van der Waals surface area contributed by atoms with Crippen molar-refractivity contribution < 1.29 is 0 Å². The lowest BCUT2D eigenvalue weighted by molar-refractivity contribution is 1.10. The van der Waals surface area contributed by atoms with Crippen LogP contribution >= 0.6 is 0 Å². The normalized spacial score (nSPS) is 14.8. The van der Waals surface area contributed by atoms with E-state index in [2.05, 4.69) is 210 Å². The quantitative estimate of drug-likeness (QED) is 0.168. The summed E-state index contributed by atoms with van der Waals surface area (Å²) in [5, 5.41) is 7.57. The summed E-state index contributed by atoms with van der Waals surface area (Å²) < 4.78 is 2.36. The molecule has 0 unspecified atom stereocenters. The van der Waals surface area contributed by atoms with Crippen molar-refractivity contribution in [1.29, 1.82) is 0 Å². The minimum Gasteiger partial charge on any atom is -0.337 e. The number of anilines is 2. The molecule has 2 heteroatoms. The average Bonchev–Trinajstić information content (AvgIpc) is 3.58. The van der Waals surface area contributed by atoms with Gasteiger partial charge in [-0.2, -0.15) is 0 Å². The lowest BCUT2D eigenvalue weighted by Crippen LogP contribution is -2.18. The summed E-state index contributed by atoms with van der Waals surface area (Å²) in [6, 6.07) is 63.8. The zero-order chi connectivity index (χ0) is 35.3. The molecule has 0 saturated heterocycles. The van der Waals surface area contributed by atoms with Gasteiger partial charge < -0.3 is 9.47 Å². The molecular weight excluding hydrogens is 641 g/mol. The van der Waals surface area contributed by atoms with E-state index in [1.54, 1.807) is 0 Å². The first kappa shape index (κ1) is 30.9. The Morgan fingerprint density at radius 3 is 2.00 bits per heavy atom. The van der Waals surface area contributed by atoms with Crippen LogP contribution in [0.15, 0.2) is 201 Å². The molecular formula is C51H36N2. The molecule has 2 nitrogen and oxygen atoms in total. The second-order valence-corrected chi connectivity index (χ2v) is 13.8. The maximum atomic E-state index is 4.52. The molecule has 2 heterocycles. The Balaban J connectivity index is 1.02. The van der Waals surface area contributed by atoms with Gasteiger partial charge in [0.1, 0.15) is 0 Å². The molecule has 1 aliphatic heterocycles. The minimum absolute atomic E-state index is 0.715. The number of allylic oxidation sites excluding steroid dienone is 4. The number of hydrogen-bond donors (Lipinski definition) is 0. The van der Waals surface area contributed by atoms with E-state index in [4.69, 9.17) is 0 Å². The first-order chi connectivity index (χ1) is 26.2. The van der Waals surface area contributed by atoms with E-state index in [0.29, 0.717) is 6.54 Å². The predicted octanol–water partition coefficient (Wildman–Crippen LogP) is 13.6. The first-order valence-electron chi connectivity index (χ1n) is 18.2. The van der Waals surface area contributed by atoms with E-state index in [1.165, 1.54) is 71.3 Å². The molecule has 53 heavy (non-hydrogen) atoms. The van der Waals surface area contributed by atoms with Crippen molar-refractivity contribution in [3.05, 3.63) is 212 Å². The van der Waals surface area contributed by atoms with Crippen LogP contribution in [-0.2, 0) is 0 Å². The van der Waals surface area contributed by atoms with Gasteiger partial charge in [0.15, 0.2) is 0 Å². The Labute approximate surface area is 309 Å². The summed E-state index contributed by atoms with van der Waals surface area (Å²) in [5.74, 6) is 0. The molecule has 250 valence electrons. The van der Waals surface area contributed by atoms with Crippen LogP contribution in [0.2, 0.25) is 0 Å². The summed E-state index contributed by atoms with van der Waals surface area (Å²) in [6.45, 7) is 5.23. The summed E-state index contributed by atoms with van der Waals surface area (Å²) in [6.07, 6.45) is 6.72. The van der Waals surface area contributed by atoms with Gasteiger partial charge in [-0.1, -0.05) is 152 Å². The van der Waals surface area contributed by atoms with Gasteiger partial charge in [0.05, 0.1) is 11.0 Å². The van der Waals surface area contributed by atoms with Crippen molar-refractivity contribution in [1.82, 2.24) is 4.57 Å². The van der Waals surface area contributed by atoms with Crippen molar-refractivity contribution >= 4 is 65.9 Å². The fraction of sp³-hybridized carbons (Fsp3) is 0.0196. The maximum absolute atomic E-state index is 4.52. The van der Waals surface area contributed by atoms with Gasteiger partial charge in [-0.05, 0) is 97.9 Å². The Kier molecular flexibility index (Phi) is 7.40. The maximum Gasteiger partial charge on any atom is 0.0541 e. The third-order valence-corrected chi connectivity index (χ3v) is 10.8. The number of hydrogen-bond acceptors (Lipinski definition) is 1. The average molecular weight is 677 g/mol. The lowest BCUT2D eigenvalue weighted by atomic mass is 9.98. The van der Waals surface area contributed by atoms with Gasteiger partial charge in [-0.3, -0.25) is 0 Å². The molecule has 0 N–H and O–H groups in total. The fourth-order valence-electron chi connectivity index (χ4n) is 8.11. The molecule has 1 aliphatic rings. The summed E-state index contributed by atoms with van der Waals surface area (Å²) in [7, 11) is 0. The standard InChI is InChI=1S/C51H36N2/c1-35-19-20-38(31-32-52(49-17-9-7-14-44(35)49)43-28-29-46-41(33-43)26-25-39-11-5-6-15-45(39)46)36-21-23-37(24-22-36)40-27-30-51-48(34-40)47-16-8-10-18-50(47)53(51)42-12-3-2-4-13-42/h2-31,33-34H,1,32H2/b20-19-,38-31+. The molecule has 10 rings (SSSR count). The molecule has 1 aromatic heterocycles. The first-order valence-corrected chi connectivity index (χ1v) is 18.2. The molecule has 0 atom stereocenters. The van der Waals surface area contributed by atoms with Crippen molar-refractivity contribution in [2.45, 2.75) is 0 Å². The van der Waals surface area contributed by atoms with Gasteiger partial charge in [0, 0.05) is 39.9 Å². The Morgan fingerprint density at radius 1 is 0.434 bits per heavy atom. The summed E-state index contributed by atoms with van der Waals surface area (Å²) >= 11 is 0. The Hall–Kier alpha value is -6.90. The van der Waals surface area contributed by atoms with E-state index < -0.39 is 0 Å². The SMILES string of the molecule is C=C1/C=C\C(c2ccc(-c3ccc4c(c3)c3ccccc3n4-c3ccccc3)cc2)=C/CN(c2ccc3c(ccc4ccccc43)c2)c2ccccc21. The van der Waals surface area contributed by atoms with Crippen LogP contribution in [0.4, 0.5) is 11.4 Å². The van der Waals surface area contributed by atoms with E-state index >= 15 is 0 Å². The molecule has 0 amide bonds. The van der Waals surface area contributed by atoms with Crippen LogP contribution in [0.3, 0.4) is 0 Å². The van der Waals surface area contributed by atoms with Crippen LogP contribution in [0.1, 0.15) is 11.1 Å². The van der Waals surface area contributed by atoms with Crippen molar-refractivity contribution in [2.24, 2.45) is 0 Å². The van der Waals surface area contributed by atoms with Gasteiger partial charge in [0.25, 0.3) is 0 Å². The number of rotatable bonds is 4. The molecule has 0 saturated carbocycles. The van der Waals surface area contributed by atoms with E-state index in [0.717, 1.165) is 22.5 Å². The van der Waals surface area contributed by atoms with Gasteiger partial charge in [-0.15, -0.1) is 0 Å². The summed E-state index contributed by atoms with van der Waals surface area (Å²) in [5.41, 5.74) is 12.8. The third kappa shape index (κ3) is 5.35. The van der Waals surface area contributed by atoms with E-state index in [9.17, 15) is 0 Å². The number of benzene rings is 8. The molecule has 0 fully saturated rings. The Bertz CT molecular complexity index is 2920. The third-order valence-electron chi connectivity index (χ3n) is 10.8. The molecule has 9 aromatic rings.